The van der Waals surface area contributed by atoms with E-state index in [1.165, 1.54) is 12.3 Å². The molecule has 12 nitrogen and oxygen atoms in total. The fourth-order valence-electron chi connectivity index (χ4n) is 4.07. The van der Waals surface area contributed by atoms with Crippen molar-refractivity contribution in [3.63, 3.8) is 0 Å². The first-order valence-electron chi connectivity index (χ1n) is 14.2. The summed E-state index contributed by atoms with van der Waals surface area (Å²) in [5.74, 6) is -4.58. The molecule has 0 saturated heterocycles. The first kappa shape index (κ1) is 37.0. The Morgan fingerprint density at radius 2 is 1.68 bits per heavy atom. The minimum absolute atomic E-state index is 0.113. The summed E-state index contributed by atoms with van der Waals surface area (Å²) >= 11 is 6.40. The van der Waals surface area contributed by atoms with E-state index in [2.05, 4.69) is 25.6 Å². The predicted octanol–water partition coefficient (Wildman–Crippen LogP) is 6.88. The number of carbonyl (C=O) groups is 2. The lowest BCUT2D eigenvalue weighted by atomic mass is 10.1. The molecule has 0 saturated carbocycles. The minimum Gasteiger partial charge on any atom is -0.491 e. The second kappa shape index (κ2) is 16.1. The molecule has 0 unspecified atom stereocenters. The molecule has 2 aromatic heterocycles. The quantitative estimate of drug-likeness (QED) is 0.111. The van der Waals surface area contributed by atoms with E-state index < -0.39 is 35.3 Å². The van der Waals surface area contributed by atoms with Crippen LogP contribution in [0, 0.1) is 11.6 Å². The molecule has 0 radical (unpaired) electrons. The number of ether oxygens (including phenoxy) is 1. The fourth-order valence-corrected chi connectivity index (χ4v) is 4.30. The van der Waals surface area contributed by atoms with E-state index in [0.29, 0.717) is 40.0 Å². The molecule has 18 heteroatoms. The van der Waals surface area contributed by atoms with Gasteiger partial charge in [0.25, 0.3) is 11.9 Å². The molecule has 5 rings (SSSR count). The van der Waals surface area contributed by atoms with E-state index in [0.717, 1.165) is 18.7 Å². The summed E-state index contributed by atoms with van der Waals surface area (Å²) in [5.41, 5.74) is 7.33. The Balaban J connectivity index is 0.000000727. The lowest BCUT2D eigenvalue weighted by Crippen LogP contribution is -2.21. The van der Waals surface area contributed by atoms with Crippen molar-refractivity contribution in [1.29, 1.82) is 0 Å². The van der Waals surface area contributed by atoms with Crippen LogP contribution in [0.5, 0.6) is 5.75 Å². The van der Waals surface area contributed by atoms with Crippen molar-refractivity contribution in [3.8, 4) is 28.5 Å². The second-order valence-electron chi connectivity index (χ2n) is 10.4. The van der Waals surface area contributed by atoms with Gasteiger partial charge >= 0.3 is 12.1 Å². The van der Waals surface area contributed by atoms with Gasteiger partial charge in [0.05, 0.1) is 5.02 Å². The van der Waals surface area contributed by atoms with Gasteiger partial charge in [-0.25, -0.2) is 23.5 Å². The van der Waals surface area contributed by atoms with E-state index in [4.69, 9.17) is 36.4 Å². The van der Waals surface area contributed by atoms with Gasteiger partial charge in [-0.3, -0.25) is 4.79 Å². The molecule has 2 heterocycles. The first-order valence-corrected chi connectivity index (χ1v) is 14.6. The summed E-state index contributed by atoms with van der Waals surface area (Å²) in [4.78, 5) is 36.6. The lowest BCUT2D eigenvalue weighted by molar-refractivity contribution is -0.192. The van der Waals surface area contributed by atoms with Crippen LogP contribution in [0.25, 0.3) is 22.7 Å². The zero-order chi connectivity index (χ0) is 36.6. The van der Waals surface area contributed by atoms with Crippen LogP contribution >= 0.6 is 11.6 Å². The molecule has 0 bridgehead atoms. The maximum Gasteiger partial charge on any atom is 0.490 e. The highest BCUT2D eigenvalue weighted by atomic mass is 35.5. The number of nitrogens with zero attached hydrogens (tertiary/aromatic N) is 4. The maximum absolute atomic E-state index is 14.1. The number of carboxylic acids is 1. The number of aromatic nitrogens is 3. The number of alkyl halides is 3. The van der Waals surface area contributed by atoms with Crippen molar-refractivity contribution in [2.75, 3.05) is 43.6 Å². The van der Waals surface area contributed by atoms with Crippen molar-refractivity contribution in [3.05, 3.63) is 95.1 Å². The Hall–Kier alpha value is -5.81. The molecular formula is C32H27ClF5N7O5. The first-order chi connectivity index (χ1) is 23.6. The zero-order valence-electron chi connectivity index (χ0n) is 26.1. The lowest BCUT2D eigenvalue weighted by Gasteiger charge is -2.13. The van der Waals surface area contributed by atoms with Crippen molar-refractivity contribution in [1.82, 2.24) is 19.9 Å². The summed E-state index contributed by atoms with van der Waals surface area (Å²) in [5, 5.41) is 13.2. The van der Waals surface area contributed by atoms with Crippen LogP contribution in [0.1, 0.15) is 10.4 Å². The Labute approximate surface area is 285 Å². The number of carbonyl (C=O) groups excluding carboxylic acids is 1. The van der Waals surface area contributed by atoms with Crippen LogP contribution in [0.2, 0.25) is 5.02 Å². The highest BCUT2D eigenvalue weighted by Crippen LogP contribution is 2.35. The highest BCUT2D eigenvalue weighted by molar-refractivity contribution is 6.32. The summed E-state index contributed by atoms with van der Waals surface area (Å²) in [7, 11) is 3.91. The number of oxazole rings is 1. The molecule has 0 atom stereocenters. The maximum atomic E-state index is 14.1. The number of benzene rings is 3. The second-order valence-corrected chi connectivity index (χ2v) is 10.8. The van der Waals surface area contributed by atoms with Gasteiger partial charge in [0.15, 0.2) is 5.76 Å². The van der Waals surface area contributed by atoms with Gasteiger partial charge in [0.2, 0.25) is 5.95 Å². The molecule has 0 aliphatic rings. The van der Waals surface area contributed by atoms with E-state index in [9.17, 15) is 26.7 Å². The predicted molar refractivity (Wildman–Crippen MR) is 174 cm³/mol. The van der Waals surface area contributed by atoms with Gasteiger partial charge < -0.3 is 35.5 Å². The van der Waals surface area contributed by atoms with Crippen molar-refractivity contribution in [2.24, 2.45) is 0 Å². The molecule has 1 amide bonds. The van der Waals surface area contributed by atoms with Crippen molar-refractivity contribution < 1.29 is 45.8 Å². The van der Waals surface area contributed by atoms with Gasteiger partial charge in [0.1, 0.15) is 40.9 Å². The topological polar surface area (TPSA) is 169 Å². The van der Waals surface area contributed by atoms with Crippen LogP contribution in [-0.4, -0.2) is 70.3 Å². The number of amides is 1. The molecule has 50 heavy (non-hydrogen) atoms. The Bertz CT molecular complexity index is 1970. The van der Waals surface area contributed by atoms with E-state index in [1.807, 2.05) is 19.0 Å². The minimum atomic E-state index is -5.08. The number of nitrogens with one attached hydrogen (secondary N) is 2. The number of nitrogens with two attached hydrogens (primary N) is 1. The number of hydrogen-bond donors (Lipinski definition) is 4. The number of likely N-dealkylation sites (N-methyl/N-ethyl adjacent to an activating group) is 1. The molecule has 0 spiro atoms. The molecule has 0 aliphatic heterocycles. The summed E-state index contributed by atoms with van der Waals surface area (Å²) < 4.78 is 71.4. The third-order valence-electron chi connectivity index (χ3n) is 6.34. The average molecular weight is 720 g/mol. The molecule has 5 aromatic rings. The summed E-state index contributed by atoms with van der Waals surface area (Å²) in [6, 6.07) is 16.4. The third-order valence-corrected chi connectivity index (χ3v) is 6.64. The Morgan fingerprint density at radius 3 is 2.32 bits per heavy atom. The molecule has 0 aliphatic carbocycles. The van der Waals surface area contributed by atoms with Crippen molar-refractivity contribution in [2.45, 2.75) is 6.18 Å². The van der Waals surface area contributed by atoms with Crippen LogP contribution in [0.15, 0.2) is 77.3 Å². The smallest absolute Gasteiger partial charge is 0.490 e. The van der Waals surface area contributed by atoms with E-state index in [1.54, 1.807) is 48.5 Å². The Morgan fingerprint density at radius 1 is 1.00 bits per heavy atom. The number of rotatable bonds is 10. The van der Waals surface area contributed by atoms with Gasteiger partial charge in [-0.1, -0.05) is 29.8 Å². The van der Waals surface area contributed by atoms with Gasteiger partial charge in [0, 0.05) is 29.7 Å². The summed E-state index contributed by atoms with van der Waals surface area (Å²) in [6.45, 7) is 1.24. The molecule has 262 valence electrons. The van der Waals surface area contributed by atoms with E-state index >= 15 is 0 Å². The normalized spacial score (nSPS) is 11.1. The van der Waals surface area contributed by atoms with Crippen LogP contribution in [-0.2, 0) is 4.79 Å². The molecule has 3 aromatic carbocycles. The standard InChI is InChI=1S/C30H26ClF2N7O3.C2HF3O2/c1-40(2)13-14-42-24-10-9-19(16-20(24)31)37-30-35-12-11-23(38-30)27-26(39-29(34)43-27)17-5-3-6-18(15-17)36-28(41)25-21(32)7-4-8-22(25)33;3-2(4,5)1(6)7/h3-12,15-16H,13-14H2,1-2H3,(H2,34,39)(H,36,41)(H,35,37,38);(H,6,7). The summed E-state index contributed by atoms with van der Waals surface area (Å²) in [6.07, 6.45) is -3.55. The van der Waals surface area contributed by atoms with Gasteiger partial charge in [-0.05, 0) is 62.6 Å². The van der Waals surface area contributed by atoms with Gasteiger partial charge in [-0.15, -0.1) is 0 Å². The highest BCUT2D eigenvalue weighted by Gasteiger charge is 2.38. The number of halogens is 6. The number of anilines is 4. The molecular weight excluding hydrogens is 693 g/mol. The monoisotopic (exact) mass is 719 g/mol. The SMILES string of the molecule is CN(C)CCOc1ccc(Nc2nccc(-c3oc(N)nc3-c3cccc(NC(=O)c4c(F)cccc4F)c3)n2)cc1Cl.O=C(O)C(F)(F)F. The Kier molecular flexibility index (Phi) is 11.9. The average Bonchev–Trinajstić information content (AvgIpc) is 3.44. The number of nitrogen functional groups attached to an aromatic ring is 1. The number of aliphatic carboxylic acids is 1. The van der Waals surface area contributed by atoms with Crippen molar-refractivity contribution >= 4 is 46.8 Å². The van der Waals surface area contributed by atoms with E-state index in [-0.39, 0.29) is 23.4 Å². The van der Waals surface area contributed by atoms with Crippen LogP contribution in [0.3, 0.4) is 0 Å². The van der Waals surface area contributed by atoms with Crippen LogP contribution in [0.4, 0.5) is 45.3 Å². The zero-order valence-corrected chi connectivity index (χ0v) is 26.8. The fraction of sp³-hybridized carbons (Fsp3) is 0.156. The van der Waals surface area contributed by atoms with Gasteiger partial charge in [-0.2, -0.15) is 18.2 Å². The number of hydrogen-bond acceptors (Lipinski definition) is 10. The number of carboxylic acid groups (broad SMARTS) is 1. The largest absolute Gasteiger partial charge is 0.491 e. The molecule has 0 fully saturated rings. The third kappa shape index (κ3) is 9.86. The van der Waals surface area contributed by atoms with Crippen LogP contribution < -0.4 is 21.1 Å². The molecule has 5 N–H and O–H groups in total.